The van der Waals surface area contributed by atoms with E-state index in [1.165, 1.54) is 47.1 Å². The summed E-state index contributed by atoms with van der Waals surface area (Å²) in [6.45, 7) is 11.3. The number of para-hydroxylation sites is 1. The molecule has 1 saturated heterocycles. The number of fused-ring (bicyclic) bond motifs is 2. The quantitative estimate of drug-likeness (QED) is 0.525. The third kappa shape index (κ3) is 4.84. The first-order chi connectivity index (χ1) is 14.5. The fourth-order valence-corrected chi connectivity index (χ4v) is 5.68. The summed E-state index contributed by atoms with van der Waals surface area (Å²) in [5, 5.41) is 3.46. The Morgan fingerprint density at radius 2 is 1.77 bits per heavy atom. The zero-order valence-corrected chi connectivity index (χ0v) is 20.0. The molecule has 3 nitrogen and oxygen atoms in total. The number of nitrogens with one attached hydrogen (secondary N) is 1. The van der Waals surface area contributed by atoms with Gasteiger partial charge in [0.2, 0.25) is 0 Å². The lowest BCUT2D eigenvalue weighted by Crippen LogP contribution is -2.40. The maximum atomic E-state index is 5.73. The molecule has 30 heavy (non-hydrogen) atoms. The van der Waals surface area contributed by atoms with Crippen LogP contribution in [0.15, 0.2) is 52.3 Å². The van der Waals surface area contributed by atoms with Gasteiger partial charge in [-0.15, -0.1) is 0 Å². The highest BCUT2D eigenvalue weighted by molar-refractivity contribution is 7.99. The maximum absolute atomic E-state index is 5.73. The van der Waals surface area contributed by atoms with E-state index in [1.54, 1.807) is 0 Å². The van der Waals surface area contributed by atoms with Crippen LogP contribution < -0.4 is 10.2 Å². The lowest BCUT2D eigenvalue weighted by atomic mass is 10.1. The van der Waals surface area contributed by atoms with Gasteiger partial charge in [-0.1, -0.05) is 56.0 Å². The molecule has 2 aromatic rings. The lowest BCUT2D eigenvalue weighted by Gasteiger charge is -2.39. The van der Waals surface area contributed by atoms with Gasteiger partial charge in [0.15, 0.2) is 0 Å². The van der Waals surface area contributed by atoms with E-state index in [0.717, 1.165) is 30.1 Å². The molecule has 0 spiro atoms. The number of rotatable bonds is 7. The minimum atomic E-state index is 0.404. The number of hydrogen-bond acceptors (Lipinski definition) is 4. The Morgan fingerprint density at radius 1 is 1.03 bits per heavy atom. The summed E-state index contributed by atoms with van der Waals surface area (Å²) in [6, 6.07) is 15.9. The molecule has 1 fully saturated rings. The highest BCUT2D eigenvalue weighted by Crippen LogP contribution is 2.49. The van der Waals surface area contributed by atoms with Crippen LogP contribution in [0.4, 0.5) is 11.4 Å². The third-order valence-corrected chi connectivity index (χ3v) is 7.50. The topological polar surface area (TPSA) is 18.5 Å². The largest absolute Gasteiger partial charge is 0.376 e. The number of nitrogens with zero attached hydrogens (tertiary/aromatic N) is 2. The van der Waals surface area contributed by atoms with Gasteiger partial charge >= 0.3 is 0 Å². The van der Waals surface area contributed by atoms with Gasteiger partial charge in [0, 0.05) is 34.5 Å². The Bertz CT molecular complexity index is 890. The smallest absolute Gasteiger partial charge is 0.106 e. The molecule has 2 heterocycles. The standard InChI is InChI=1S/C25H33N3S2/c1-18(2)12-13-26-25(29)20-10-11-24-22(16-20)28(19(3)17-27-14-6-7-15-27)21-8-4-5-9-23(21)30-24/h4-5,8-11,16,18-19H,6-7,12-15,17H2,1-3H3,(H,26,29). The molecule has 2 aliphatic rings. The Labute approximate surface area is 191 Å². The van der Waals surface area contributed by atoms with Gasteiger partial charge in [-0.25, -0.2) is 0 Å². The number of benzene rings is 2. The predicted octanol–water partition coefficient (Wildman–Crippen LogP) is 6.08. The molecule has 0 saturated carbocycles. The van der Waals surface area contributed by atoms with Crippen LogP contribution >= 0.6 is 24.0 Å². The van der Waals surface area contributed by atoms with Crippen LogP contribution in [0.5, 0.6) is 0 Å². The zero-order valence-electron chi connectivity index (χ0n) is 18.4. The molecule has 2 aliphatic heterocycles. The van der Waals surface area contributed by atoms with Gasteiger partial charge in [0.25, 0.3) is 0 Å². The molecule has 0 bridgehead atoms. The summed E-state index contributed by atoms with van der Waals surface area (Å²) in [4.78, 5) is 8.66. The first kappa shape index (κ1) is 21.7. The van der Waals surface area contributed by atoms with Crippen LogP contribution in [0, 0.1) is 5.92 Å². The fraction of sp³-hybridized carbons (Fsp3) is 0.480. The van der Waals surface area contributed by atoms with E-state index in [4.69, 9.17) is 12.2 Å². The Morgan fingerprint density at radius 3 is 2.53 bits per heavy atom. The summed E-state index contributed by atoms with van der Waals surface area (Å²) in [6.07, 6.45) is 3.79. The van der Waals surface area contributed by atoms with E-state index in [-0.39, 0.29) is 0 Å². The van der Waals surface area contributed by atoms with Crippen molar-refractivity contribution in [3.8, 4) is 0 Å². The summed E-state index contributed by atoms with van der Waals surface area (Å²) < 4.78 is 0. The molecule has 0 aliphatic carbocycles. The zero-order chi connectivity index (χ0) is 21.1. The number of likely N-dealkylation sites (tertiary alicyclic amines) is 1. The Balaban J connectivity index is 1.61. The molecule has 5 heteroatoms. The summed E-state index contributed by atoms with van der Waals surface area (Å²) >= 11 is 7.60. The van der Waals surface area contributed by atoms with Crippen LogP contribution in [0.25, 0.3) is 0 Å². The molecule has 0 aromatic heterocycles. The highest BCUT2D eigenvalue weighted by atomic mass is 32.2. The van der Waals surface area contributed by atoms with E-state index in [0.29, 0.717) is 12.0 Å². The molecule has 160 valence electrons. The minimum absolute atomic E-state index is 0.404. The first-order valence-electron chi connectivity index (χ1n) is 11.2. The van der Waals surface area contributed by atoms with E-state index in [2.05, 4.69) is 78.4 Å². The van der Waals surface area contributed by atoms with E-state index in [9.17, 15) is 0 Å². The van der Waals surface area contributed by atoms with Crippen LogP contribution in [0.3, 0.4) is 0 Å². The van der Waals surface area contributed by atoms with Gasteiger partial charge in [0.05, 0.1) is 11.4 Å². The van der Waals surface area contributed by atoms with Crippen LogP contribution in [-0.2, 0) is 0 Å². The van der Waals surface area contributed by atoms with Gasteiger partial charge in [-0.05, 0) is 69.5 Å². The van der Waals surface area contributed by atoms with Crippen molar-refractivity contribution < 1.29 is 0 Å². The molecule has 1 atom stereocenters. The molecule has 2 aromatic carbocycles. The summed E-state index contributed by atoms with van der Waals surface area (Å²) in [5.74, 6) is 0.679. The number of anilines is 2. The lowest BCUT2D eigenvalue weighted by molar-refractivity contribution is 0.319. The monoisotopic (exact) mass is 439 g/mol. The molecule has 0 radical (unpaired) electrons. The van der Waals surface area contributed by atoms with Crippen molar-refractivity contribution in [1.29, 1.82) is 0 Å². The second-order valence-electron chi connectivity index (χ2n) is 8.92. The number of thiocarbonyl (C=S) groups is 1. The van der Waals surface area contributed by atoms with Crippen molar-refractivity contribution in [2.45, 2.75) is 55.9 Å². The SMILES string of the molecule is CC(C)CCNC(=S)c1ccc2c(c1)N(C(C)CN1CCCC1)c1ccccc1S2. The second-order valence-corrected chi connectivity index (χ2v) is 10.4. The normalized spacial score (nSPS) is 17.0. The van der Waals surface area contributed by atoms with Crippen molar-refractivity contribution in [1.82, 2.24) is 10.2 Å². The molecular formula is C25H33N3S2. The van der Waals surface area contributed by atoms with Crippen molar-refractivity contribution in [3.05, 3.63) is 48.0 Å². The van der Waals surface area contributed by atoms with E-state index >= 15 is 0 Å². The van der Waals surface area contributed by atoms with Gasteiger partial charge in [-0.3, -0.25) is 0 Å². The molecule has 1 N–H and O–H groups in total. The second kappa shape index (κ2) is 9.71. The third-order valence-electron chi connectivity index (χ3n) is 5.99. The fourth-order valence-electron chi connectivity index (χ4n) is 4.40. The minimum Gasteiger partial charge on any atom is -0.376 e. The molecular weight excluding hydrogens is 406 g/mol. The predicted molar refractivity (Wildman–Crippen MR) is 133 cm³/mol. The molecule has 0 amide bonds. The average Bonchev–Trinajstić information content (AvgIpc) is 3.24. The average molecular weight is 440 g/mol. The van der Waals surface area contributed by atoms with Crippen LogP contribution in [0.1, 0.15) is 45.6 Å². The summed E-state index contributed by atoms with van der Waals surface area (Å²) in [7, 11) is 0. The maximum Gasteiger partial charge on any atom is 0.106 e. The van der Waals surface area contributed by atoms with E-state index in [1.807, 2.05) is 11.8 Å². The van der Waals surface area contributed by atoms with Crippen molar-refractivity contribution in [2.24, 2.45) is 5.92 Å². The Hall–Kier alpha value is -1.56. The number of hydrogen-bond donors (Lipinski definition) is 1. The van der Waals surface area contributed by atoms with Gasteiger partial charge < -0.3 is 15.1 Å². The summed E-state index contributed by atoms with van der Waals surface area (Å²) in [5.41, 5.74) is 3.72. The molecule has 1 unspecified atom stereocenters. The van der Waals surface area contributed by atoms with Gasteiger partial charge in [0.1, 0.15) is 4.99 Å². The van der Waals surface area contributed by atoms with Crippen molar-refractivity contribution in [3.63, 3.8) is 0 Å². The first-order valence-corrected chi connectivity index (χ1v) is 12.5. The van der Waals surface area contributed by atoms with E-state index < -0.39 is 0 Å². The van der Waals surface area contributed by atoms with Crippen molar-refractivity contribution >= 4 is 40.3 Å². The highest BCUT2D eigenvalue weighted by Gasteiger charge is 2.29. The van der Waals surface area contributed by atoms with Crippen LogP contribution in [-0.4, -0.2) is 42.1 Å². The van der Waals surface area contributed by atoms with Gasteiger partial charge in [-0.2, -0.15) is 0 Å². The van der Waals surface area contributed by atoms with Crippen molar-refractivity contribution in [2.75, 3.05) is 31.1 Å². The van der Waals surface area contributed by atoms with Crippen LogP contribution in [0.2, 0.25) is 0 Å². The molecule has 4 rings (SSSR count). The Kier molecular flexibility index (Phi) is 7.01.